The molecule has 0 aromatic carbocycles. The number of hydrogen-bond acceptors (Lipinski definition) is 3. The molecule has 0 bridgehead atoms. The average Bonchev–Trinajstić information content (AvgIpc) is 2.74. The van der Waals surface area contributed by atoms with Crippen LogP contribution in [0.15, 0.2) is 0 Å². The molecule has 0 aromatic heterocycles. The summed E-state index contributed by atoms with van der Waals surface area (Å²) in [5.74, 6) is 0. The lowest BCUT2D eigenvalue weighted by Crippen LogP contribution is -2.29. The van der Waals surface area contributed by atoms with Gasteiger partial charge in [0.15, 0.2) is 8.32 Å². The van der Waals surface area contributed by atoms with Gasteiger partial charge in [0, 0.05) is 6.16 Å². The van der Waals surface area contributed by atoms with E-state index in [9.17, 15) is 4.57 Å². The zero-order valence-corrected chi connectivity index (χ0v) is 24.0. The minimum atomic E-state index is -2.96. The average molecular weight is 489 g/mol. The first-order valence-electron chi connectivity index (χ1n) is 14.4. The summed E-state index contributed by atoms with van der Waals surface area (Å²) in [5, 5.41) is 0. The summed E-state index contributed by atoms with van der Waals surface area (Å²) in [6.07, 6.45) is 27.8. The van der Waals surface area contributed by atoms with Crippen molar-refractivity contribution in [3.63, 3.8) is 0 Å². The molecule has 1 saturated heterocycles. The van der Waals surface area contributed by atoms with E-state index in [0.717, 1.165) is 25.3 Å². The van der Waals surface area contributed by atoms with Crippen molar-refractivity contribution < 1.29 is 13.3 Å². The maximum Gasteiger partial charge on any atom is 0.321 e. The van der Waals surface area contributed by atoms with Crippen molar-refractivity contribution in [2.45, 2.75) is 161 Å². The van der Waals surface area contributed by atoms with E-state index >= 15 is 0 Å². The van der Waals surface area contributed by atoms with E-state index in [1.54, 1.807) is 0 Å². The van der Waals surface area contributed by atoms with Crippen LogP contribution in [0.2, 0.25) is 19.1 Å². The van der Waals surface area contributed by atoms with Gasteiger partial charge in [-0.05, 0) is 32.0 Å². The fraction of sp³-hybridized carbons (Fsp3) is 1.00. The molecule has 192 valence electrons. The number of rotatable bonds is 9. The third-order valence-electron chi connectivity index (χ3n) is 6.88. The zero-order valence-electron chi connectivity index (χ0n) is 22.1. The number of hydrogen-bond donors (Lipinski definition) is 0. The Bertz CT molecular complexity index is 446. The monoisotopic (exact) mass is 488 g/mol. The minimum absolute atomic E-state index is 0.610. The van der Waals surface area contributed by atoms with Crippen LogP contribution in [-0.4, -0.2) is 21.1 Å². The van der Waals surface area contributed by atoms with E-state index in [4.69, 9.17) is 8.74 Å². The summed E-state index contributed by atoms with van der Waals surface area (Å²) in [4.78, 5) is 0. The van der Waals surface area contributed by atoms with Crippen LogP contribution in [-0.2, 0) is 13.3 Å². The first-order chi connectivity index (χ1) is 15.5. The third-order valence-corrected chi connectivity index (χ3v) is 13.0. The van der Waals surface area contributed by atoms with Gasteiger partial charge >= 0.3 is 7.60 Å². The molecule has 0 N–H and O–H groups in total. The van der Waals surface area contributed by atoms with Crippen LogP contribution < -0.4 is 0 Å². The van der Waals surface area contributed by atoms with E-state index in [0.29, 0.717) is 12.8 Å². The highest BCUT2D eigenvalue weighted by Crippen LogP contribution is 2.52. The predicted molar refractivity (Wildman–Crippen MR) is 144 cm³/mol. The Balaban J connectivity index is 2.48. The first kappa shape index (κ1) is 30.4. The molecule has 0 radical (unpaired) electrons. The Morgan fingerprint density at radius 1 is 0.656 bits per heavy atom. The van der Waals surface area contributed by atoms with Gasteiger partial charge in [0.2, 0.25) is 0 Å². The molecule has 0 saturated carbocycles. The molecule has 1 aliphatic rings. The largest absolute Gasteiger partial charge is 0.351 e. The summed E-state index contributed by atoms with van der Waals surface area (Å²) in [7, 11) is -4.92. The lowest BCUT2D eigenvalue weighted by Gasteiger charge is -2.29. The summed E-state index contributed by atoms with van der Waals surface area (Å²) in [6.45, 7) is 7.37. The normalized spacial score (nSPS) is 24.3. The van der Waals surface area contributed by atoms with E-state index in [2.05, 4.69) is 20.0 Å². The van der Waals surface area contributed by atoms with E-state index in [1.165, 1.54) is 116 Å². The van der Waals surface area contributed by atoms with Crippen molar-refractivity contribution in [3.8, 4) is 0 Å². The van der Waals surface area contributed by atoms with Gasteiger partial charge in [-0.25, -0.2) is 0 Å². The molecular formula is C27H57O3PSi. The molecule has 0 spiro atoms. The summed E-state index contributed by atoms with van der Waals surface area (Å²) in [6, 6.07) is 1.10. The first-order valence-corrected chi connectivity index (χ1v) is 19.3. The minimum Gasteiger partial charge on any atom is -0.351 e. The summed E-state index contributed by atoms with van der Waals surface area (Å²) >= 11 is 0. The molecule has 0 aliphatic carbocycles. The lowest BCUT2D eigenvalue weighted by atomic mass is 10.0. The van der Waals surface area contributed by atoms with Gasteiger partial charge in [0.05, 0.1) is 6.61 Å². The van der Waals surface area contributed by atoms with Gasteiger partial charge in [-0.2, -0.15) is 0 Å². The third kappa shape index (κ3) is 17.8. The molecule has 1 rings (SSSR count). The standard InChI is InChI=1S/C27H57O3PSi/c1-4-5-6-7-21-24-27-32(2,3)30-31(28)26-23-20-18-16-14-12-10-8-9-11-13-15-17-19-22-25-29-31/h4-27H2,1-3H3. The van der Waals surface area contributed by atoms with Gasteiger partial charge < -0.3 is 8.74 Å². The van der Waals surface area contributed by atoms with Crippen LogP contribution in [0.1, 0.15) is 142 Å². The van der Waals surface area contributed by atoms with Gasteiger partial charge in [0.1, 0.15) is 0 Å². The Morgan fingerprint density at radius 3 is 1.62 bits per heavy atom. The van der Waals surface area contributed by atoms with Gasteiger partial charge in [-0.3, -0.25) is 4.57 Å². The highest BCUT2D eigenvalue weighted by molar-refractivity contribution is 7.55. The van der Waals surface area contributed by atoms with Crippen molar-refractivity contribution in [1.82, 2.24) is 0 Å². The molecule has 1 aliphatic heterocycles. The molecule has 0 amide bonds. The van der Waals surface area contributed by atoms with Crippen molar-refractivity contribution in [3.05, 3.63) is 0 Å². The Hall–Kier alpha value is 0.367. The van der Waals surface area contributed by atoms with Gasteiger partial charge in [-0.1, -0.05) is 129 Å². The van der Waals surface area contributed by atoms with Crippen molar-refractivity contribution >= 4 is 15.9 Å². The Morgan fingerprint density at radius 2 is 1.09 bits per heavy atom. The molecule has 32 heavy (non-hydrogen) atoms. The van der Waals surface area contributed by atoms with Gasteiger partial charge in [0.25, 0.3) is 0 Å². The molecule has 3 nitrogen and oxygen atoms in total. The van der Waals surface area contributed by atoms with E-state index < -0.39 is 15.9 Å². The molecular weight excluding hydrogens is 431 g/mol. The summed E-state index contributed by atoms with van der Waals surface area (Å²) in [5.41, 5.74) is 0. The Kier molecular flexibility index (Phi) is 18.7. The molecule has 5 heteroatoms. The lowest BCUT2D eigenvalue weighted by molar-refractivity contribution is 0.254. The smallest absolute Gasteiger partial charge is 0.321 e. The zero-order chi connectivity index (χ0) is 23.4. The second kappa shape index (κ2) is 19.6. The van der Waals surface area contributed by atoms with Crippen LogP contribution in [0.5, 0.6) is 0 Å². The Labute approximate surface area is 202 Å². The van der Waals surface area contributed by atoms with Crippen molar-refractivity contribution in [2.24, 2.45) is 0 Å². The van der Waals surface area contributed by atoms with Crippen LogP contribution in [0.4, 0.5) is 0 Å². The van der Waals surface area contributed by atoms with Crippen LogP contribution in [0.3, 0.4) is 0 Å². The molecule has 1 fully saturated rings. The maximum absolute atomic E-state index is 13.7. The predicted octanol–water partition coefficient (Wildman–Crippen LogP) is 10.6. The summed E-state index contributed by atoms with van der Waals surface area (Å²) < 4.78 is 26.2. The van der Waals surface area contributed by atoms with Gasteiger partial charge in [-0.15, -0.1) is 0 Å². The SMILES string of the molecule is CCCCCCCC[Si](C)(C)OP1(=O)CCCCCCCCCCCCCCCCCO1. The van der Waals surface area contributed by atoms with Crippen molar-refractivity contribution in [2.75, 3.05) is 12.8 Å². The highest BCUT2D eigenvalue weighted by atomic mass is 31.2. The maximum atomic E-state index is 13.7. The number of unbranched alkanes of at least 4 members (excludes halogenated alkanes) is 5. The fourth-order valence-electron chi connectivity index (χ4n) is 4.80. The molecule has 0 aromatic rings. The topological polar surface area (TPSA) is 35.5 Å². The van der Waals surface area contributed by atoms with E-state index in [1.807, 2.05) is 0 Å². The van der Waals surface area contributed by atoms with Crippen molar-refractivity contribution in [1.29, 1.82) is 0 Å². The van der Waals surface area contributed by atoms with E-state index in [-0.39, 0.29) is 0 Å². The van der Waals surface area contributed by atoms with Crippen LogP contribution >= 0.6 is 7.60 Å². The quantitative estimate of drug-likeness (QED) is 0.184. The highest BCUT2D eigenvalue weighted by Gasteiger charge is 2.34. The second-order valence-corrected chi connectivity index (χ2v) is 17.5. The molecule has 1 unspecified atom stereocenters. The second-order valence-electron chi connectivity index (χ2n) is 10.8. The van der Waals surface area contributed by atoms with Crippen LogP contribution in [0.25, 0.3) is 0 Å². The molecule has 1 atom stereocenters. The fourth-order valence-corrected chi connectivity index (χ4v) is 11.0. The molecule has 1 heterocycles. The van der Waals surface area contributed by atoms with Crippen LogP contribution in [0, 0.1) is 0 Å².